The van der Waals surface area contributed by atoms with Crippen LogP contribution in [0, 0.1) is 0 Å². The molecule has 0 atom stereocenters. The van der Waals surface area contributed by atoms with E-state index in [2.05, 4.69) is 4.72 Å². The third kappa shape index (κ3) is 1.55. The van der Waals surface area contributed by atoms with Gasteiger partial charge in [-0.3, -0.25) is 0 Å². The second-order valence-electron chi connectivity index (χ2n) is 3.15. The molecule has 0 aromatic rings. The highest BCUT2D eigenvalue weighted by Gasteiger charge is 2.33. The minimum Gasteiger partial charge on any atom is -0.199 e. The van der Waals surface area contributed by atoms with Gasteiger partial charge in [0.15, 0.2) is 0 Å². The summed E-state index contributed by atoms with van der Waals surface area (Å²) in [6.45, 7) is 1.39. The number of hydrogen-bond donors (Lipinski definition) is 1. The minimum absolute atomic E-state index is 0.237. The van der Waals surface area contributed by atoms with Crippen LogP contribution in [0.5, 0.6) is 0 Å². The van der Waals surface area contributed by atoms with E-state index in [4.69, 9.17) is 0 Å². The Bertz CT molecular complexity index is 241. The summed E-state index contributed by atoms with van der Waals surface area (Å²) in [5, 5.41) is 0. The molecule has 0 amide bonds. The molecule has 2 fully saturated rings. The van der Waals surface area contributed by atoms with Crippen LogP contribution in [0.3, 0.4) is 0 Å². The average Bonchev–Trinajstić information content (AvgIpc) is 2.40. The van der Waals surface area contributed by atoms with Crippen LogP contribution >= 0.6 is 0 Å². The molecule has 0 radical (unpaired) electrons. The molecule has 0 unspecified atom stereocenters. The first-order chi connectivity index (χ1) is 5.18. The van der Waals surface area contributed by atoms with Crippen LogP contribution in [0.4, 0.5) is 0 Å². The van der Waals surface area contributed by atoms with Gasteiger partial charge in [0, 0.05) is 19.1 Å². The lowest BCUT2D eigenvalue weighted by Crippen LogP contribution is -2.48. The Balaban J connectivity index is 1.95. The van der Waals surface area contributed by atoms with Gasteiger partial charge in [0.25, 0.3) is 10.2 Å². The van der Waals surface area contributed by atoms with Crippen molar-refractivity contribution in [1.29, 1.82) is 0 Å². The standard InChI is InChI=1S/C6H12N2O2S/c9-11(10,7-6-2-3-6)8-4-1-5-8/h6-7H,1-5H2. The summed E-state index contributed by atoms with van der Waals surface area (Å²) in [4.78, 5) is 0. The summed E-state index contributed by atoms with van der Waals surface area (Å²) in [6.07, 6.45) is 3.02. The molecular weight excluding hydrogens is 164 g/mol. The van der Waals surface area contributed by atoms with E-state index < -0.39 is 10.2 Å². The Morgan fingerprint density at radius 2 is 1.91 bits per heavy atom. The SMILES string of the molecule is O=S(=O)(NC1CC1)N1CCC1. The molecule has 64 valence electrons. The first-order valence-electron chi connectivity index (χ1n) is 3.96. The highest BCUT2D eigenvalue weighted by atomic mass is 32.2. The molecule has 0 aromatic carbocycles. The van der Waals surface area contributed by atoms with E-state index in [0.29, 0.717) is 13.1 Å². The largest absolute Gasteiger partial charge is 0.279 e. The van der Waals surface area contributed by atoms with E-state index in [1.165, 1.54) is 4.31 Å². The van der Waals surface area contributed by atoms with Crippen LogP contribution in [0.1, 0.15) is 19.3 Å². The van der Waals surface area contributed by atoms with Gasteiger partial charge in [-0.25, -0.2) is 0 Å². The molecule has 1 saturated heterocycles. The molecule has 0 bridgehead atoms. The van der Waals surface area contributed by atoms with Gasteiger partial charge in [0.05, 0.1) is 0 Å². The Hall–Kier alpha value is -0.130. The van der Waals surface area contributed by atoms with Crippen molar-refractivity contribution in [2.45, 2.75) is 25.3 Å². The van der Waals surface area contributed by atoms with Crippen molar-refractivity contribution in [3.8, 4) is 0 Å². The van der Waals surface area contributed by atoms with Crippen molar-refractivity contribution < 1.29 is 8.42 Å². The van der Waals surface area contributed by atoms with Gasteiger partial charge in [-0.15, -0.1) is 0 Å². The molecular formula is C6H12N2O2S. The highest BCUT2D eigenvalue weighted by Crippen LogP contribution is 2.21. The number of nitrogens with one attached hydrogen (secondary N) is 1. The predicted molar refractivity (Wildman–Crippen MR) is 41.3 cm³/mol. The second kappa shape index (κ2) is 2.43. The van der Waals surface area contributed by atoms with E-state index >= 15 is 0 Å². The number of hydrogen-bond acceptors (Lipinski definition) is 2. The molecule has 1 aliphatic heterocycles. The van der Waals surface area contributed by atoms with Gasteiger partial charge in [-0.2, -0.15) is 17.4 Å². The summed E-state index contributed by atoms with van der Waals surface area (Å²) in [6, 6.07) is 0.237. The van der Waals surface area contributed by atoms with E-state index in [-0.39, 0.29) is 6.04 Å². The van der Waals surface area contributed by atoms with Crippen molar-refractivity contribution >= 4 is 10.2 Å². The Morgan fingerprint density at radius 3 is 2.27 bits per heavy atom. The highest BCUT2D eigenvalue weighted by molar-refractivity contribution is 7.87. The fourth-order valence-corrected chi connectivity index (χ4v) is 2.56. The maximum atomic E-state index is 11.3. The fraction of sp³-hybridized carbons (Fsp3) is 1.00. The van der Waals surface area contributed by atoms with Crippen LogP contribution in [-0.4, -0.2) is 31.9 Å². The normalized spacial score (nSPS) is 26.5. The first-order valence-corrected chi connectivity index (χ1v) is 5.40. The molecule has 0 aromatic heterocycles. The summed E-state index contributed by atoms with van der Waals surface area (Å²) in [5.41, 5.74) is 0. The monoisotopic (exact) mass is 176 g/mol. The zero-order chi connectivity index (χ0) is 7.90. The third-order valence-electron chi connectivity index (χ3n) is 2.05. The summed E-state index contributed by atoms with van der Waals surface area (Å²) in [7, 11) is -3.08. The van der Waals surface area contributed by atoms with E-state index in [9.17, 15) is 8.42 Å². The molecule has 1 N–H and O–H groups in total. The Morgan fingerprint density at radius 1 is 1.27 bits per heavy atom. The fourth-order valence-electron chi connectivity index (χ4n) is 1.01. The smallest absolute Gasteiger partial charge is 0.199 e. The summed E-state index contributed by atoms with van der Waals surface area (Å²) in [5.74, 6) is 0. The zero-order valence-electron chi connectivity index (χ0n) is 6.28. The van der Waals surface area contributed by atoms with Gasteiger partial charge in [0.1, 0.15) is 0 Å². The van der Waals surface area contributed by atoms with Crippen molar-refractivity contribution in [2.24, 2.45) is 0 Å². The lowest BCUT2D eigenvalue weighted by molar-refractivity contribution is 0.304. The number of nitrogens with zero attached hydrogens (tertiary/aromatic N) is 1. The maximum absolute atomic E-state index is 11.3. The predicted octanol–water partition coefficient (Wildman–Crippen LogP) is -0.311. The summed E-state index contributed by atoms with van der Waals surface area (Å²) >= 11 is 0. The lowest BCUT2D eigenvalue weighted by atomic mass is 10.3. The molecule has 4 nitrogen and oxygen atoms in total. The topological polar surface area (TPSA) is 49.4 Å². The molecule has 2 rings (SSSR count). The molecule has 1 saturated carbocycles. The van der Waals surface area contributed by atoms with Crippen LogP contribution < -0.4 is 4.72 Å². The van der Waals surface area contributed by atoms with E-state index in [0.717, 1.165) is 19.3 Å². The molecule has 5 heteroatoms. The van der Waals surface area contributed by atoms with Crippen molar-refractivity contribution in [3.63, 3.8) is 0 Å². The van der Waals surface area contributed by atoms with Crippen LogP contribution in [0.2, 0.25) is 0 Å². The van der Waals surface area contributed by atoms with E-state index in [1.54, 1.807) is 0 Å². The lowest BCUT2D eigenvalue weighted by Gasteiger charge is -2.29. The molecule has 0 spiro atoms. The molecule has 2 aliphatic rings. The average molecular weight is 176 g/mol. The quantitative estimate of drug-likeness (QED) is 0.641. The van der Waals surface area contributed by atoms with Crippen molar-refractivity contribution in [2.75, 3.05) is 13.1 Å². The Labute approximate surface area is 66.8 Å². The molecule has 11 heavy (non-hydrogen) atoms. The van der Waals surface area contributed by atoms with Crippen LogP contribution in [-0.2, 0) is 10.2 Å². The van der Waals surface area contributed by atoms with Gasteiger partial charge >= 0.3 is 0 Å². The molecule has 1 heterocycles. The van der Waals surface area contributed by atoms with Crippen molar-refractivity contribution in [1.82, 2.24) is 9.03 Å². The minimum atomic E-state index is -3.08. The first kappa shape index (κ1) is 7.52. The van der Waals surface area contributed by atoms with Crippen LogP contribution in [0.25, 0.3) is 0 Å². The van der Waals surface area contributed by atoms with Crippen LogP contribution in [0.15, 0.2) is 0 Å². The summed E-state index contributed by atoms with van der Waals surface area (Å²) < 4.78 is 26.7. The van der Waals surface area contributed by atoms with Gasteiger partial charge in [0.2, 0.25) is 0 Å². The second-order valence-corrected chi connectivity index (χ2v) is 4.85. The van der Waals surface area contributed by atoms with Gasteiger partial charge < -0.3 is 0 Å². The third-order valence-corrected chi connectivity index (χ3v) is 3.72. The molecule has 1 aliphatic carbocycles. The van der Waals surface area contributed by atoms with E-state index in [1.807, 2.05) is 0 Å². The van der Waals surface area contributed by atoms with Gasteiger partial charge in [-0.1, -0.05) is 0 Å². The maximum Gasteiger partial charge on any atom is 0.279 e. The number of rotatable bonds is 3. The van der Waals surface area contributed by atoms with Gasteiger partial charge in [-0.05, 0) is 19.3 Å². The Kier molecular flexibility index (Phi) is 1.66. The zero-order valence-corrected chi connectivity index (χ0v) is 7.10. The van der Waals surface area contributed by atoms with Crippen molar-refractivity contribution in [3.05, 3.63) is 0 Å².